The van der Waals surface area contributed by atoms with E-state index in [-0.39, 0.29) is 0 Å². The highest BCUT2D eigenvalue weighted by molar-refractivity contribution is 5.99. The van der Waals surface area contributed by atoms with Crippen LogP contribution in [0.3, 0.4) is 0 Å². The maximum Gasteiger partial charge on any atom is 0.126 e. The number of nitriles is 2. The molecule has 0 fully saturated rings. The molecule has 2 aromatic heterocycles. The summed E-state index contributed by atoms with van der Waals surface area (Å²) in [5.74, 6) is 0. The zero-order chi connectivity index (χ0) is 11.8. The summed E-state index contributed by atoms with van der Waals surface area (Å²) in [7, 11) is 0. The maximum atomic E-state index is 9.13. The summed E-state index contributed by atoms with van der Waals surface area (Å²) in [6, 6.07) is 15.7. The average molecular weight is 217 g/mol. The van der Waals surface area contributed by atoms with Crippen molar-refractivity contribution in [3.8, 4) is 12.1 Å². The van der Waals surface area contributed by atoms with Crippen molar-refractivity contribution in [1.29, 1.82) is 10.5 Å². The Morgan fingerprint density at radius 3 is 2.59 bits per heavy atom. The highest BCUT2D eigenvalue weighted by atomic mass is 14.9. The second-order valence-corrected chi connectivity index (χ2v) is 3.79. The van der Waals surface area contributed by atoms with Gasteiger partial charge in [-0.15, -0.1) is 0 Å². The maximum absolute atomic E-state index is 9.13. The van der Waals surface area contributed by atoms with E-state index in [1.807, 2.05) is 36.5 Å². The fourth-order valence-electron chi connectivity index (χ4n) is 2.14. The van der Waals surface area contributed by atoms with E-state index in [1.54, 1.807) is 10.5 Å². The summed E-state index contributed by atoms with van der Waals surface area (Å²) in [6.07, 6.45) is 1.83. The van der Waals surface area contributed by atoms with Gasteiger partial charge in [0.1, 0.15) is 17.8 Å². The first-order valence-electron chi connectivity index (χ1n) is 5.18. The molecule has 0 bridgehead atoms. The third-order valence-corrected chi connectivity index (χ3v) is 2.89. The second kappa shape index (κ2) is 3.37. The monoisotopic (exact) mass is 217 g/mol. The molecule has 0 radical (unpaired) electrons. The Hall–Kier alpha value is -2.78. The normalized spacial score (nSPS) is 10.2. The lowest BCUT2D eigenvalue weighted by atomic mass is 10.1. The van der Waals surface area contributed by atoms with Gasteiger partial charge in [0.15, 0.2) is 0 Å². The van der Waals surface area contributed by atoms with E-state index < -0.39 is 0 Å². The summed E-state index contributed by atoms with van der Waals surface area (Å²) in [5, 5.41) is 20.2. The second-order valence-electron chi connectivity index (χ2n) is 3.79. The lowest BCUT2D eigenvalue weighted by molar-refractivity contribution is 1.17. The van der Waals surface area contributed by atoms with Crippen LogP contribution in [0.1, 0.15) is 11.3 Å². The first-order valence-corrected chi connectivity index (χ1v) is 5.18. The molecule has 3 nitrogen and oxygen atoms in total. The topological polar surface area (TPSA) is 52.0 Å². The van der Waals surface area contributed by atoms with E-state index in [9.17, 15) is 0 Å². The Morgan fingerprint density at radius 1 is 1.00 bits per heavy atom. The van der Waals surface area contributed by atoms with Gasteiger partial charge in [0.2, 0.25) is 0 Å². The number of rotatable bonds is 0. The van der Waals surface area contributed by atoms with Gasteiger partial charge in [0, 0.05) is 11.6 Å². The minimum atomic E-state index is 0.488. The standard InChI is InChI=1S/C14H7N3/c15-8-11-7-12(9-16)17-6-5-10-3-1-2-4-13(10)14(11)17/h1-7H. The van der Waals surface area contributed by atoms with E-state index in [4.69, 9.17) is 10.5 Å². The Bertz CT molecular complexity index is 813. The number of fused-ring (bicyclic) bond motifs is 3. The molecule has 0 unspecified atom stereocenters. The molecule has 2 heterocycles. The van der Waals surface area contributed by atoms with Crippen LogP contribution in [0, 0.1) is 22.7 Å². The van der Waals surface area contributed by atoms with Crippen LogP contribution < -0.4 is 0 Å². The molecule has 17 heavy (non-hydrogen) atoms. The third kappa shape index (κ3) is 1.20. The van der Waals surface area contributed by atoms with Crippen molar-refractivity contribution in [2.75, 3.05) is 0 Å². The predicted molar refractivity (Wildman–Crippen MR) is 64.3 cm³/mol. The molecule has 3 aromatic rings. The largest absolute Gasteiger partial charge is 0.306 e. The van der Waals surface area contributed by atoms with E-state index in [1.165, 1.54) is 0 Å². The summed E-state index contributed by atoms with van der Waals surface area (Å²) in [4.78, 5) is 0. The van der Waals surface area contributed by atoms with Crippen LogP contribution in [-0.4, -0.2) is 4.40 Å². The molecular weight excluding hydrogens is 210 g/mol. The van der Waals surface area contributed by atoms with E-state index in [0.717, 1.165) is 16.3 Å². The van der Waals surface area contributed by atoms with Crippen molar-refractivity contribution >= 4 is 16.3 Å². The number of hydrogen-bond donors (Lipinski definition) is 0. The molecule has 3 rings (SSSR count). The molecule has 0 spiro atoms. The quantitative estimate of drug-likeness (QED) is 0.581. The Morgan fingerprint density at radius 2 is 1.82 bits per heavy atom. The molecule has 0 aliphatic carbocycles. The predicted octanol–water partition coefficient (Wildman–Crippen LogP) is 2.84. The molecule has 0 saturated carbocycles. The molecular formula is C14H7N3. The zero-order valence-corrected chi connectivity index (χ0v) is 8.88. The van der Waals surface area contributed by atoms with Crippen LogP contribution in [0.25, 0.3) is 16.3 Å². The van der Waals surface area contributed by atoms with Crippen LogP contribution in [-0.2, 0) is 0 Å². The first kappa shape index (κ1) is 9.45. The molecule has 0 aliphatic heterocycles. The van der Waals surface area contributed by atoms with Gasteiger partial charge in [-0.2, -0.15) is 10.5 Å². The summed E-state index contributed by atoms with van der Waals surface area (Å²) in [5.41, 5.74) is 1.84. The van der Waals surface area contributed by atoms with Crippen LogP contribution in [0.4, 0.5) is 0 Å². The molecule has 3 heteroatoms. The van der Waals surface area contributed by atoms with Crippen LogP contribution >= 0.6 is 0 Å². The molecule has 0 N–H and O–H groups in total. The van der Waals surface area contributed by atoms with Crippen LogP contribution in [0.5, 0.6) is 0 Å². The fourth-order valence-corrected chi connectivity index (χ4v) is 2.14. The minimum Gasteiger partial charge on any atom is -0.306 e. The smallest absolute Gasteiger partial charge is 0.126 e. The number of benzene rings is 1. The van der Waals surface area contributed by atoms with Gasteiger partial charge in [-0.25, -0.2) is 0 Å². The van der Waals surface area contributed by atoms with Crippen molar-refractivity contribution in [2.45, 2.75) is 0 Å². The molecule has 0 saturated heterocycles. The SMILES string of the molecule is N#Cc1cc(C#N)n2ccc3ccccc3c12. The molecule has 0 amide bonds. The average Bonchev–Trinajstić information content (AvgIpc) is 2.77. The number of nitrogens with zero attached hydrogens (tertiary/aromatic N) is 3. The molecule has 1 aromatic carbocycles. The van der Waals surface area contributed by atoms with Gasteiger partial charge in [-0.3, -0.25) is 0 Å². The van der Waals surface area contributed by atoms with Crippen molar-refractivity contribution < 1.29 is 0 Å². The van der Waals surface area contributed by atoms with E-state index in [0.29, 0.717) is 11.3 Å². The van der Waals surface area contributed by atoms with Crippen molar-refractivity contribution in [3.05, 3.63) is 53.9 Å². The van der Waals surface area contributed by atoms with E-state index >= 15 is 0 Å². The fraction of sp³-hybridized carbons (Fsp3) is 0. The Labute approximate surface area is 97.7 Å². The number of hydrogen-bond acceptors (Lipinski definition) is 2. The lowest BCUT2D eigenvalue weighted by Crippen LogP contribution is -1.88. The third-order valence-electron chi connectivity index (χ3n) is 2.89. The number of aromatic nitrogens is 1. The van der Waals surface area contributed by atoms with Gasteiger partial charge in [0.05, 0.1) is 11.1 Å². The summed E-state index contributed by atoms with van der Waals surface area (Å²) < 4.78 is 1.76. The van der Waals surface area contributed by atoms with Crippen molar-refractivity contribution in [3.63, 3.8) is 0 Å². The molecule has 0 atom stereocenters. The summed E-state index contributed by atoms with van der Waals surface area (Å²) in [6.45, 7) is 0. The molecule has 0 aliphatic rings. The zero-order valence-electron chi connectivity index (χ0n) is 8.88. The van der Waals surface area contributed by atoms with Gasteiger partial charge < -0.3 is 4.40 Å². The van der Waals surface area contributed by atoms with Gasteiger partial charge >= 0.3 is 0 Å². The minimum absolute atomic E-state index is 0.488. The van der Waals surface area contributed by atoms with Crippen molar-refractivity contribution in [1.82, 2.24) is 4.40 Å². The summed E-state index contributed by atoms with van der Waals surface area (Å²) >= 11 is 0. The van der Waals surface area contributed by atoms with Gasteiger partial charge in [0.25, 0.3) is 0 Å². The number of pyridine rings is 1. The van der Waals surface area contributed by atoms with Crippen LogP contribution in [0.2, 0.25) is 0 Å². The van der Waals surface area contributed by atoms with Crippen molar-refractivity contribution in [2.24, 2.45) is 0 Å². The highest BCUT2D eigenvalue weighted by Crippen LogP contribution is 2.25. The van der Waals surface area contributed by atoms with Crippen LogP contribution in [0.15, 0.2) is 42.6 Å². The first-order chi connectivity index (χ1) is 8.35. The van der Waals surface area contributed by atoms with E-state index in [2.05, 4.69) is 12.1 Å². The Balaban J connectivity index is 2.63. The molecule has 78 valence electrons. The highest BCUT2D eigenvalue weighted by Gasteiger charge is 2.10. The Kier molecular flexibility index (Phi) is 1.87. The van der Waals surface area contributed by atoms with Gasteiger partial charge in [-0.1, -0.05) is 24.3 Å². The lowest BCUT2D eigenvalue weighted by Gasteiger charge is -2.02. The van der Waals surface area contributed by atoms with Gasteiger partial charge in [-0.05, 0) is 17.5 Å².